The quantitative estimate of drug-likeness (QED) is 0.908. The second-order valence-corrected chi connectivity index (χ2v) is 4.44. The number of hydrogen-bond donors (Lipinski definition) is 2. The highest BCUT2D eigenvalue weighted by Gasteiger charge is 2.13. The van der Waals surface area contributed by atoms with Gasteiger partial charge in [0.2, 0.25) is 0 Å². The van der Waals surface area contributed by atoms with Gasteiger partial charge in [-0.1, -0.05) is 18.2 Å². The number of amides is 1. The molecular formula is C14H19ClN4O. The molecule has 20 heavy (non-hydrogen) atoms. The number of hydrogen-bond acceptors (Lipinski definition) is 3. The fourth-order valence-electron chi connectivity index (χ4n) is 2.00. The van der Waals surface area contributed by atoms with Crippen LogP contribution in [0.3, 0.4) is 0 Å². The van der Waals surface area contributed by atoms with E-state index in [1.807, 2.05) is 38.2 Å². The summed E-state index contributed by atoms with van der Waals surface area (Å²) in [7, 11) is 3.64. The van der Waals surface area contributed by atoms with Crippen LogP contribution >= 0.6 is 12.4 Å². The van der Waals surface area contributed by atoms with Crippen LogP contribution in [-0.2, 0) is 13.6 Å². The summed E-state index contributed by atoms with van der Waals surface area (Å²) >= 11 is 0. The van der Waals surface area contributed by atoms with E-state index in [9.17, 15) is 4.79 Å². The van der Waals surface area contributed by atoms with Gasteiger partial charge in [0.05, 0.1) is 5.69 Å². The number of nitrogens with one attached hydrogen (secondary N) is 2. The Morgan fingerprint density at radius 1 is 1.35 bits per heavy atom. The first-order chi connectivity index (χ1) is 9.11. The van der Waals surface area contributed by atoms with Crippen molar-refractivity contribution in [2.24, 2.45) is 7.05 Å². The third-order valence-electron chi connectivity index (χ3n) is 2.87. The number of rotatable bonds is 4. The zero-order valence-electron chi connectivity index (χ0n) is 11.8. The van der Waals surface area contributed by atoms with Gasteiger partial charge in [0.15, 0.2) is 0 Å². The summed E-state index contributed by atoms with van der Waals surface area (Å²) < 4.78 is 1.59. The van der Waals surface area contributed by atoms with E-state index in [0.717, 1.165) is 16.9 Å². The molecule has 0 saturated heterocycles. The topological polar surface area (TPSA) is 58.9 Å². The molecular weight excluding hydrogens is 276 g/mol. The molecule has 0 fully saturated rings. The molecule has 0 atom stereocenters. The lowest BCUT2D eigenvalue weighted by atomic mass is 10.1. The molecule has 0 aliphatic rings. The number of carbonyl (C=O) groups excluding carboxylic acids is 1. The van der Waals surface area contributed by atoms with Gasteiger partial charge in [-0.25, -0.2) is 0 Å². The molecule has 6 heteroatoms. The lowest BCUT2D eigenvalue weighted by Gasteiger charge is -2.10. The maximum atomic E-state index is 12.2. The van der Waals surface area contributed by atoms with Crippen molar-refractivity contribution < 1.29 is 4.79 Å². The van der Waals surface area contributed by atoms with Crippen LogP contribution in [-0.4, -0.2) is 22.7 Å². The van der Waals surface area contributed by atoms with Crippen LogP contribution in [0.15, 0.2) is 30.3 Å². The second kappa shape index (κ2) is 7.07. The van der Waals surface area contributed by atoms with Crippen LogP contribution in [0.25, 0.3) is 0 Å². The van der Waals surface area contributed by atoms with Crippen molar-refractivity contribution in [3.05, 3.63) is 47.3 Å². The molecule has 1 aromatic heterocycles. The number of anilines is 1. The summed E-state index contributed by atoms with van der Waals surface area (Å²) in [4.78, 5) is 12.2. The van der Waals surface area contributed by atoms with E-state index in [0.29, 0.717) is 12.2 Å². The molecule has 2 rings (SSSR count). The van der Waals surface area contributed by atoms with E-state index < -0.39 is 0 Å². The number of aromatic nitrogens is 2. The fraction of sp³-hybridized carbons (Fsp3) is 0.286. The van der Waals surface area contributed by atoms with Gasteiger partial charge in [0.25, 0.3) is 5.91 Å². The van der Waals surface area contributed by atoms with Gasteiger partial charge in [-0.05, 0) is 31.7 Å². The van der Waals surface area contributed by atoms with Crippen molar-refractivity contribution in [3.8, 4) is 0 Å². The van der Waals surface area contributed by atoms with Crippen LogP contribution in [0.1, 0.15) is 21.7 Å². The molecule has 1 aromatic carbocycles. The van der Waals surface area contributed by atoms with Crippen LogP contribution in [0.2, 0.25) is 0 Å². The van der Waals surface area contributed by atoms with Crippen LogP contribution in [0.5, 0.6) is 0 Å². The summed E-state index contributed by atoms with van der Waals surface area (Å²) in [5.74, 6) is -0.147. The predicted octanol–water partition coefficient (Wildman–Crippen LogP) is 2.12. The molecule has 0 aliphatic carbocycles. The Kier molecular flexibility index (Phi) is 5.73. The number of halogens is 1. The summed E-state index contributed by atoms with van der Waals surface area (Å²) in [6.07, 6.45) is 0. The van der Waals surface area contributed by atoms with Crippen molar-refractivity contribution in [1.82, 2.24) is 15.1 Å². The van der Waals surface area contributed by atoms with Crippen LogP contribution < -0.4 is 10.6 Å². The predicted molar refractivity (Wildman–Crippen MR) is 82.4 cm³/mol. The molecule has 0 unspecified atom stereocenters. The smallest absolute Gasteiger partial charge is 0.273 e. The molecule has 1 heterocycles. The molecule has 0 bridgehead atoms. The van der Waals surface area contributed by atoms with Crippen molar-refractivity contribution >= 4 is 24.0 Å². The Labute approximate surface area is 124 Å². The van der Waals surface area contributed by atoms with Crippen molar-refractivity contribution in [1.29, 1.82) is 0 Å². The Balaban J connectivity index is 0.00000200. The second-order valence-electron chi connectivity index (χ2n) is 4.44. The molecule has 0 aliphatic heterocycles. The third kappa shape index (κ3) is 3.59. The monoisotopic (exact) mass is 294 g/mol. The molecule has 0 radical (unpaired) electrons. The largest absolute Gasteiger partial charge is 0.320 e. The summed E-state index contributed by atoms with van der Waals surface area (Å²) in [5, 5.41) is 10.2. The lowest BCUT2D eigenvalue weighted by molar-refractivity contribution is 0.101. The van der Waals surface area contributed by atoms with E-state index in [1.165, 1.54) is 0 Å². The molecule has 0 saturated carbocycles. The van der Waals surface area contributed by atoms with Gasteiger partial charge in [-0.3, -0.25) is 9.48 Å². The number of aryl methyl sites for hydroxylation is 2. The first kappa shape index (κ1) is 16.2. The Hall–Kier alpha value is -1.85. The number of para-hydroxylation sites is 1. The molecule has 2 aromatic rings. The van der Waals surface area contributed by atoms with Gasteiger partial charge in [0, 0.05) is 19.3 Å². The standard InChI is InChI=1S/C14H18N4O.ClH/c1-10-8-13(18(3)17-10)14(19)16-12-7-5-4-6-11(12)9-15-2;/h4-8,15H,9H2,1-3H3,(H,16,19);1H. The highest BCUT2D eigenvalue weighted by Crippen LogP contribution is 2.16. The molecule has 0 spiro atoms. The minimum absolute atomic E-state index is 0. The Bertz CT molecular complexity index is 595. The SMILES string of the molecule is CNCc1ccccc1NC(=O)c1cc(C)nn1C.Cl. The summed E-state index contributed by atoms with van der Waals surface area (Å²) in [5.41, 5.74) is 3.26. The Morgan fingerprint density at radius 2 is 2.05 bits per heavy atom. The van der Waals surface area contributed by atoms with Gasteiger partial charge < -0.3 is 10.6 Å². The zero-order chi connectivity index (χ0) is 13.8. The van der Waals surface area contributed by atoms with E-state index >= 15 is 0 Å². The van der Waals surface area contributed by atoms with E-state index in [2.05, 4.69) is 15.7 Å². The fourth-order valence-corrected chi connectivity index (χ4v) is 2.00. The van der Waals surface area contributed by atoms with Crippen molar-refractivity contribution in [2.45, 2.75) is 13.5 Å². The number of carbonyl (C=O) groups is 1. The van der Waals surface area contributed by atoms with E-state index in [-0.39, 0.29) is 18.3 Å². The van der Waals surface area contributed by atoms with Crippen LogP contribution in [0, 0.1) is 6.92 Å². The molecule has 1 amide bonds. The highest BCUT2D eigenvalue weighted by molar-refractivity contribution is 6.03. The zero-order valence-corrected chi connectivity index (χ0v) is 12.6. The first-order valence-electron chi connectivity index (χ1n) is 6.16. The van der Waals surface area contributed by atoms with Gasteiger partial charge in [-0.2, -0.15) is 5.10 Å². The van der Waals surface area contributed by atoms with Crippen molar-refractivity contribution in [2.75, 3.05) is 12.4 Å². The van der Waals surface area contributed by atoms with Crippen LogP contribution in [0.4, 0.5) is 5.69 Å². The maximum absolute atomic E-state index is 12.2. The average molecular weight is 295 g/mol. The van der Waals surface area contributed by atoms with E-state index in [4.69, 9.17) is 0 Å². The van der Waals surface area contributed by atoms with E-state index in [1.54, 1.807) is 17.8 Å². The summed E-state index contributed by atoms with van der Waals surface area (Å²) in [6, 6.07) is 9.52. The average Bonchev–Trinajstić information content (AvgIpc) is 2.71. The minimum atomic E-state index is -0.147. The summed E-state index contributed by atoms with van der Waals surface area (Å²) in [6.45, 7) is 2.58. The minimum Gasteiger partial charge on any atom is -0.320 e. The maximum Gasteiger partial charge on any atom is 0.273 e. The van der Waals surface area contributed by atoms with Gasteiger partial charge >= 0.3 is 0 Å². The third-order valence-corrected chi connectivity index (χ3v) is 2.87. The molecule has 5 nitrogen and oxygen atoms in total. The van der Waals surface area contributed by atoms with Gasteiger partial charge in [-0.15, -0.1) is 12.4 Å². The normalized spacial score (nSPS) is 9.95. The number of benzene rings is 1. The highest BCUT2D eigenvalue weighted by atomic mass is 35.5. The number of nitrogens with zero attached hydrogens (tertiary/aromatic N) is 2. The Morgan fingerprint density at radius 3 is 2.65 bits per heavy atom. The van der Waals surface area contributed by atoms with Gasteiger partial charge in [0.1, 0.15) is 5.69 Å². The van der Waals surface area contributed by atoms with Crippen molar-refractivity contribution in [3.63, 3.8) is 0 Å². The first-order valence-corrected chi connectivity index (χ1v) is 6.16. The lowest BCUT2D eigenvalue weighted by Crippen LogP contribution is -2.18. The molecule has 2 N–H and O–H groups in total. The molecule has 108 valence electrons.